The molecule has 1 aromatic carbocycles. The van der Waals surface area contributed by atoms with Crippen LogP contribution in [0.4, 0.5) is 0 Å². The molecule has 1 atom stereocenters. The highest BCUT2D eigenvalue weighted by Crippen LogP contribution is 2.13. The molecular weight excluding hydrogens is 210 g/mol. The summed E-state index contributed by atoms with van der Waals surface area (Å²) in [5.74, 6) is 0. The minimum atomic E-state index is -0.282. The van der Waals surface area contributed by atoms with Gasteiger partial charge >= 0.3 is 0 Å². The second-order valence-electron chi connectivity index (χ2n) is 4.31. The van der Waals surface area contributed by atoms with E-state index in [1.165, 1.54) is 5.56 Å². The van der Waals surface area contributed by atoms with Crippen molar-refractivity contribution in [2.75, 3.05) is 14.1 Å². The fourth-order valence-electron chi connectivity index (χ4n) is 1.65. The molecule has 0 bridgehead atoms. The van der Waals surface area contributed by atoms with Crippen molar-refractivity contribution >= 4 is 0 Å². The Bertz CT molecular complexity index is 274. The van der Waals surface area contributed by atoms with Crippen LogP contribution in [0, 0.1) is 0 Å². The van der Waals surface area contributed by atoms with E-state index < -0.39 is 0 Å². The summed E-state index contributed by atoms with van der Waals surface area (Å²) >= 11 is 0. The molecule has 15 heavy (non-hydrogen) atoms. The molecule has 1 unspecified atom stereocenters. The van der Waals surface area contributed by atoms with Crippen LogP contribution in [0.5, 0.6) is 0 Å². The van der Waals surface area contributed by atoms with Crippen molar-refractivity contribution in [3.8, 4) is 0 Å². The van der Waals surface area contributed by atoms with E-state index in [9.17, 15) is 5.11 Å². The SMILES string of the molecule is CCC(O)[N+](C)(C)Cc1ccccc1.[Cl-]. The molecule has 0 aliphatic rings. The lowest BCUT2D eigenvalue weighted by molar-refractivity contribution is -0.949. The van der Waals surface area contributed by atoms with Crippen molar-refractivity contribution in [3.05, 3.63) is 35.9 Å². The third kappa shape index (κ3) is 4.20. The molecule has 0 saturated heterocycles. The minimum absolute atomic E-state index is 0. The van der Waals surface area contributed by atoms with Gasteiger partial charge in [-0.1, -0.05) is 37.3 Å². The summed E-state index contributed by atoms with van der Waals surface area (Å²) in [7, 11) is 4.11. The van der Waals surface area contributed by atoms with Gasteiger partial charge in [-0.15, -0.1) is 0 Å². The van der Waals surface area contributed by atoms with Crippen LogP contribution in [0.3, 0.4) is 0 Å². The van der Waals surface area contributed by atoms with Gasteiger partial charge in [-0.3, -0.25) is 4.48 Å². The topological polar surface area (TPSA) is 20.2 Å². The third-order valence-electron chi connectivity index (χ3n) is 2.60. The van der Waals surface area contributed by atoms with Crippen LogP contribution in [-0.2, 0) is 6.54 Å². The normalized spacial score (nSPS) is 13.1. The van der Waals surface area contributed by atoms with E-state index in [2.05, 4.69) is 26.2 Å². The molecule has 0 aliphatic heterocycles. The number of hydrogen-bond donors (Lipinski definition) is 1. The maximum atomic E-state index is 9.82. The predicted octanol–water partition coefficient (Wildman–Crippen LogP) is -1.00. The zero-order chi connectivity index (χ0) is 10.6. The highest BCUT2D eigenvalue weighted by atomic mass is 35.5. The molecule has 0 saturated carbocycles. The molecule has 0 heterocycles. The van der Waals surface area contributed by atoms with Crippen molar-refractivity contribution in [1.29, 1.82) is 0 Å². The van der Waals surface area contributed by atoms with Crippen molar-refractivity contribution in [3.63, 3.8) is 0 Å². The van der Waals surface area contributed by atoms with E-state index in [1.807, 2.05) is 25.1 Å². The van der Waals surface area contributed by atoms with E-state index in [0.717, 1.165) is 13.0 Å². The first-order valence-corrected chi connectivity index (χ1v) is 5.11. The van der Waals surface area contributed by atoms with E-state index in [4.69, 9.17) is 0 Å². The Kier molecular flexibility index (Phi) is 5.88. The number of aliphatic hydroxyl groups excluding tert-OH is 1. The van der Waals surface area contributed by atoms with Crippen LogP contribution >= 0.6 is 0 Å². The minimum Gasteiger partial charge on any atom is -1.00 e. The van der Waals surface area contributed by atoms with E-state index in [-0.39, 0.29) is 18.6 Å². The Morgan fingerprint density at radius 2 is 1.73 bits per heavy atom. The van der Waals surface area contributed by atoms with Gasteiger partial charge in [-0.25, -0.2) is 0 Å². The summed E-state index contributed by atoms with van der Waals surface area (Å²) < 4.78 is 0.626. The summed E-state index contributed by atoms with van der Waals surface area (Å²) in [5.41, 5.74) is 1.27. The first-order valence-electron chi connectivity index (χ1n) is 5.11. The smallest absolute Gasteiger partial charge is 0.190 e. The Hall–Kier alpha value is -0.570. The van der Waals surface area contributed by atoms with Crippen LogP contribution in [-0.4, -0.2) is 29.9 Å². The summed E-state index contributed by atoms with van der Waals surface area (Å²) in [6, 6.07) is 10.3. The van der Waals surface area contributed by atoms with Crippen LogP contribution in [0.2, 0.25) is 0 Å². The molecular formula is C12H20ClNO. The number of hydrogen-bond acceptors (Lipinski definition) is 1. The molecule has 1 N–H and O–H groups in total. The van der Waals surface area contributed by atoms with Gasteiger partial charge in [0.25, 0.3) is 0 Å². The molecule has 0 aromatic heterocycles. The Morgan fingerprint density at radius 3 is 2.20 bits per heavy atom. The maximum absolute atomic E-state index is 9.82. The molecule has 1 rings (SSSR count). The number of nitrogens with zero attached hydrogens (tertiary/aromatic N) is 1. The van der Waals surface area contributed by atoms with Crippen molar-refractivity contribution < 1.29 is 22.0 Å². The molecule has 0 spiro atoms. The quantitative estimate of drug-likeness (QED) is 0.519. The third-order valence-corrected chi connectivity index (χ3v) is 2.60. The zero-order valence-electron chi connectivity index (χ0n) is 9.65. The standard InChI is InChI=1S/C12H20NO.ClH/c1-4-12(14)13(2,3)10-11-8-6-5-7-9-11;/h5-9,12,14H,4,10H2,1-3H3;1H/q+1;/p-1. The molecule has 86 valence electrons. The molecule has 0 amide bonds. The zero-order valence-corrected chi connectivity index (χ0v) is 10.4. The summed E-state index contributed by atoms with van der Waals surface area (Å²) in [4.78, 5) is 0. The van der Waals surface area contributed by atoms with Gasteiger partial charge in [0.2, 0.25) is 0 Å². The van der Waals surface area contributed by atoms with Gasteiger partial charge in [0.1, 0.15) is 6.54 Å². The Balaban J connectivity index is 0.00000196. The Morgan fingerprint density at radius 1 is 1.20 bits per heavy atom. The molecule has 0 aliphatic carbocycles. The van der Waals surface area contributed by atoms with Crippen LogP contribution in [0.25, 0.3) is 0 Å². The van der Waals surface area contributed by atoms with Crippen LogP contribution in [0.15, 0.2) is 30.3 Å². The second kappa shape index (κ2) is 6.11. The first kappa shape index (κ1) is 14.4. The number of halogens is 1. The van der Waals surface area contributed by atoms with E-state index in [0.29, 0.717) is 4.48 Å². The van der Waals surface area contributed by atoms with Gasteiger partial charge in [-0.2, -0.15) is 0 Å². The van der Waals surface area contributed by atoms with Crippen molar-refractivity contribution in [2.24, 2.45) is 0 Å². The lowest BCUT2D eigenvalue weighted by Crippen LogP contribution is -3.00. The molecule has 0 radical (unpaired) electrons. The van der Waals surface area contributed by atoms with Gasteiger partial charge < -0.3 is 17.5 Å². The highest BCUT2D eigenvalue weighted by molar-refractivity contribution is 5.13. The Labute approximate surface area is 98.5 Å². The second-order valence-corrected chi connectivity index (χ2v) is 4.31. The van der Waals surface area contributed by atoms with Gasteiger partial charge in [0.15, 0.2) is 6.23 Å². The first-order chi connectivity index (χ1) is 6.56. The lowest BCUT2D eigenvalue weighted by atomic mass is 10.2. The summed E-state index contributed by atoms with van der Waals surface area (Å²) in [5, 5.41) is 9.82. The number of benzene rings is 1. The highest BCUT2D eigenvalue weighted by Gasteiger charge is 2.24. The van der Waals surface area contributed by atoms with E-state index >= 15 is 0 Å². The predicted molar refractivity (Wildman–Crippen MR) is 58.6 cm³/mol. The molecule has 3 heteroatoms. The average Bonchev–Trinajstić information content (AvgIpc) is 2.17. The maximum Gasteiger partial charge on any atom is 0.190 e. The molecule has 1 aromatic rings. The summed E-state index contributed by atoms with van der Waals surface area (Å²) in [6.07, 6.45) is 0.509. The van der Waals surface area contributed by atoms with Gasteiger partial charge in [0, 0.05) is 12.0 Å². The summed E-state index contributed by atoms with van der Waals surface area (Å²) in [6.45, 7) is 2.88. The van der Waals surface area contributed by atoms with Gasteiger partial charge in [0.05, 0.1) is 14.1 Å². The fraction of sp³-hybridized carbons (Fsp3) is 0.500. The fourth-order valence-corrected chi connectivity index (χ4v) is 1.65. The lowest BCUT2D eigenvalue weighted by Gasteiger charge is -2.34. The largest absolute Gasteiger partial charge is 1.00 e. The van der Waals surface area contributed by atoms with Crippen LogP contribution < -0.4 is 12.4 Å². The number of rotatable bonds is 4. The van der Waals surface area contributed by atoms with Crippen molar-refractivity contribution in [1.82, 2.24) is 0 Å². The van der Waals surface area contributed by atoms with Crippen molar-refractivity contribution in [2.45, 2.75) is 26.1 Å². The number of quaternary nitrogens is 1. The van der Waals surface area contributed by atoms with Gasteiger partial charge in [-0.05, 0) is 0 Å². The molecule has 0 fully saturated rings. The monoisotopic (exact) mass is 229 g/mol. The average molecular weight is 230 g/mol. The van der Waals surface area contributed by atoms with Crippen LogP contribution in [0.1, 0.15) is 18.9 Å². The van der Waals surface area contributed by atoms with E-state index in [1.54, 1.807) is 0 Å². The molecule has 2 nitrogen and oxygen atoms in total. The number of aliphatic hydroxyl groups is 1.